The first-order valence-corrected chi connectivity index (χ1v) is 14.2. The maximum absolute atomic E-state index is 13.8. The molecule has 3 heterocycles. The normalized spacial score (nSPS) is 21.4. The fourth-order valence-electron chi connectivity index (χ4n) is 5.62. The zero-order valence-corrected chi connectivity index (χ0v) is 23.1. The largest absolute Gasteiger partial charge is 0.508 e. The first-order valence-electron chi connectivity index (χ1n) is 13.2. The van der Waals surface area contributed by atoms with Crippen LogP contribution >= 0.6 is 11.8 Å². The lowest BCUT2D eigenvalue weighted by atomic mass is 10.0. The number of phenolic OH excluding ortho intramolecular Hbond substituents is 1. The number of nitrogens with zero attached hydrogens (tertiary/aromatic N) is 2. The Morgan fingerprint density at radius 1 is 1.21 bits per heavy atom. The average molecular weight is 551 g/mol. The Labute approximate surface area is 232 Å². The number of carbonyl (C=O) groups is 3. The van der Waals surface area contributed by atoms with E-state index in [1.165, 1.54) is 4.90 Å². The van der Waals surface area contributed by atoms with Crippen molar-refractivity contribution < 1.29 is 24.6 Å². The van der Waals surface area contributed by atoms with Crippen LogP contribution in [0.5, 0.6) is 5.75 Å². The Balaban J connectivity index is 1.29. The molecule has 39 heavy (non-hydrogen) atoms. The molecule has 9 nitrogen and oxygen atoms in total. The van der Waals surface area contributed by atoms with Crippen LogP contribution in [0.1, 0.15) is 54.2 Å². The van der Waals surface area contributed by atoms with Gasteiger partial charge < -0.3 is 30.6 Å². The molecule has 5 rings (SSSR count). The number of β-amino-alcohol motifs (C(OH)–C–C–N with tert-alkyl or cyclic N) is 1. The van der Waals surface area contributed by atoms with Crippen LogP contribution in [0.15, 0.2) is 48.2 Å². The summed E-state index contributed by atoms with van der Waals surface area (Å²) >= 11 is 1.67. The molecule has 0 aromatic heterocycles. The van der Waals surface area contributed by atoms with Gasteiger partial charge in [-0.25, -0.2) is 0 Å². The maximum Gasteiger partial charge on any atom is 0.255 e. The number of hydrogen-bond donors (Lipinski definition) is 4. The van der Waals surface area contributed by atoms with Crippen LogP contribution in [0.25, 0.3) is 4.91 Å². The van der Waals surface area contributed by atoms with Gasteiger partial charge in [0.1, 0.15) is 17.8 Å². The molecule has 3 aliphatic heterocycles. The van der Waals surface area contributed by atoms with Crippen molar-refractivity contribution in [1.29, 1.82) is 0 Å². The lowest BCUT2D eigenvalue weighted by Crippen LogP contribution is -2.55. The Morgan fingerprint density at radius 3 is 2.64 bits per heavy atom. The van der Waals surface area contributed by atoms with Gasteiger partial charge in [0.2, 0.25) is 11.8 Å². The van der Waals surface area contributed by atoms with Gasteiger partial charge in [0.05, 0.1) is 12.0 Å². The number of allylic oxidation sites excluding steroid dienone is 1. The van der Waals surface area contributed by atoms with Crippen LogP contribution in [0.4, 0.5) is 0 Å². The minimum Gasteiger partial charge on any atom is -0.508 e. The summed E-state index contributed by atoms with van der Waals surface area (Å²) in [6, 6.07) is 11.1. The third-order valence-electron chi connectivity index (χ3n) is 7.63. The van der Waals surface area contributed by atoms with Gasteiger partial charge in [-0.3, -0.25) is 14.4 Å². The summed E-state index contributed by atoms with van der Waals surface area (Å²) in [6.45, 7) is 6.18. The molecule has 206 valence electrons. The van der Waals surface area contributed by atoms with Crippen LogP contribution in [0.3, 0.4) is 0 Å². The molecule has 0 unspecified atom stereocenters. The number of phenols is 1. The average Bonchev–Trinajstić information content (AvgIpc) is 3.60. The number of nitrogens with one attached hydrogen (secondary N) is 2. The summed E-state index contributed by atoms with van der Waals surface area (Å²) < 4.78 is 0. The number of benzene rings is 2. The van der Waals surface area contributed by atoms with E-state index in [2.05, 4.69) is 10.6 Å². The van der Waals surface area contributed by atoms with Gasteiger partial charge in [-0.05, 0) is 36.1 Å². The van der Waals surface area contributed by atoms with E-state index >= 15 is 0 Å². The second-order valence-corrected chi connectivity index (χ2v) is 11.6. The number of aliphatic hydroxyl groups excluding tert-OH is 1. The zero-order valence-electron chi connectivity index (χ0n) is 22.3. The molecule has 0 radical (unpaired) electrons. The van der Waals surface area contributed by atoms with Crippen molar-refractivity contribution in [2.45, 2.75) is 58.5 Å². The highest BCUT2D eigenvalue weighted by atomic mass is 32.2. The van der Waals surface area contributed by atoms with Crippen molar-refractivity contribution in [3.05, 3.63) is 70.4 Å². The number of rotatable bonds is 7. The SMILES string of the molecule is CC1=C(c2ccc(CNC(=O)[C@@H]3C[C@@H](O)CN3C(=O)[C@H](C(C)C)N3Cc4ccccc4C3=O)c(O)c2)SCN1. The van der Waals surface area contributed by atoms with E-state index in [4.69, 9.17) is 0 Å². The van der Waals surface area contributed by atoms with Crippen molar-refractivity contribution in [3.63, 3.8) is 0 Å². The second-order valence-electron chi connectivity index (χ2n) is 10.7. The van der Waals surface area contributed by atoms with Gasteiger partial charge in [-0.15, -0.1) is 11.8 Å². The van der Waals surface area contributed by atoms with Crippen LogP contribution in [0, 0.1) is 5.92 Å². The van der Waals surface area contributed by atoms with E-state index in [0.29, 0.717) is 17.7 Å². The molecule has 3 atom stereocenters. The molecule has 4 N–H and O–H groups in total. The number of likely N-dealkylation sites (tertiary alicyclic amines) is 1. The van der Waals surface area contributed by atoms with E-state index in [0.717, 1.165) is 27.6 Å². The molecule has 1 saturated heterocycles. The highest BCUT2D eigenvalue weighted by Crippen LogP contribution is 2.36. The fourth-order valence-corrected chi connectivity index (χ4v) is 6.63. The molecule has 2 aromatic carbocycles. The van der Waals surface area contributed by atoms with Crippen molar-refractivity contribution in [1.82, 2.24) is 20.4 Å². The van der Waals surface area contributed by atoms with E-state index in [1.54, 1.807) is 40.9 Å². The van der Waals surface area contributed by atoms with Gasteiger partial charge in [0, 0.05) is 47.8 Å². The Hall–Kier alpha value is -3.50. The number of thioether (sulfide) groups is 1. The van der Waals surface area contributed by atoms with Crippen LogP contribution in [-0.2, 0) is 22.7 Å². The van der Waals surface area contributed by atoms with E-state index < -0.39 is 24.1 Å². The monoisotopic (exact) mass is 550 g/mol. The molecular weight excluding hydrogens is 516 g/mol. The van der Waals surface area contributed by atoms with Crippen molar-refractivity contribution in [2.24, 2.45) is 5.92 Å². The van der Waals surface area contributed by atoms with Crippen molar-refractivity contribution in [3.8, 4) is 5.75 Å². The quantitative estimate of drug-likeness (QED) is 0.418. The van der Waals surface area contributed by atoms with Crippen molar-refractivity contribution >= 4 is 34.4 Å². The summed E-state index contributed by atoms with van der Waals surface area (Å²) in [6.07, 6.45) is -0.732. The molecule has 0 spiro atoms. The highest BCUT2D eigenvalue weighted by Gasteiger charge is 2.45. The van der Waals surface area contributed by atoms with Gasteiger partial charge in [-0.1, -0.05) is 44.2 Å². The topological polar surface area (TPSA) is 122 Å². The summed E-state index contributed by atoms with van der Waals surface area (Å²) in [7, 11) is 0. The highest BCUT2D eigenvalue weighted by molar-refractivity contribution is 8.08. The second kappa shape index (κ2) is 10.9. The summed E-state index contributed by atoms with van der Waals surface area (Å²) in [4.78, 5) is 44.3. The van der Waals surface area contributed by atoms with Crippen molar-refractivity contribution in [2.75, 3.05) is 12.4 Å². The molecule has 10 heteroatoms. The number of amides is 3. The van der Waals surface area contributed by atoms with Gasteiger partial charge in [-0.2, -0.15) is 0 Å². The molecule has 3 amide bonds. The zero-order chi connectivity index (χ0) is 27.8. The fraction of sp³-hybridized carbons (Fsp3) is 0.414. The number of hydrogen-bond acceptors (Lipinski definition) is 7. The molecule has 0 aliphatic carbocycles. The molecule has 0 saturated carbocycles. The minimum absolute atomic E-state index is 0.0230. The predicted molar refractivity (Wildman–Crippen MR) is 149 cm³/mol. The van der Waals surface area contributed by atoms with E-state index in [1.807, 2.05) is 39.0 Å². The molecule has 0 bridgehead atoms. The summed E-state index contributed by atoms with van der Waals surface area (Å²) in [5, 5.41) is 27.1. The lowest BCUT2D eigenvalue weighted by Gasteiger charge is -2.35. The number of aliphatic hydroxyl groups is 1. The standard InChI is InChI=1S/C29H34N4O5S/c1-16(2)25(33-13-20-6-4-5-7-22(20)28(33)37)29(38)32-14-21(34)11-23(32)27(36)30-12-19-9-8-18(10-24(19)35)26-17(3)31-15-39-26/h4-10,16,21,23,25,31,34-35H,11-15H2,1-3H3,(H,30,36)/t21-,23+,25+/m1/s1. The third kappa shape index (κ3) is 5.23. The lowest BCUT2D eigenvalue weighted by molar-refractivity contribution is -0.143. The molecule has 1 fully saturated rings. The Bertz CT molecular complexity index is 1340. The Kier molecular flexibility index (Phi) is 7.59. The number of aromatic hydroxyl groups is 1. The van der Waals surface area contributed by atoms with E-state index in [9.17, 15) is 24.6 Å². The van der Waals surface area contributed by atoms with Gasteiger partial charge in [0.15, 0.2) is 0 Å². The minimum atomic E-state index is -0.871. The first-order chi connectivity index (χ1) is 18.7. The molecule has 3 aliphatic rings. The number of carbonyl (C=O) groups excluding carboxylic acids is 3. The van der Waals surface area contributed by atoms with Gasteiger partial charge in [0.25, 0.3) is 5.91 Å². The maximum atomic E-state index is 13.8. The number of fused-ring (bicyclic) bond motifs is 1. The smallest absolute Gasteiger partial charge is 0.255 e. The third-order valence-corrected chi connectivity index (χ3v) is 8.75. The van der Waals surface area contributed by atoms with Gasteiger partial charge >= 0.3 is 0 Å². The Morgan fingerprint density at radius 2 is 1.97 bits per heavy atom. The molecule has 2 aromatic rings. The van der Waals surface area contributed by atoms with Crippen LogP contribution in [0.2, 0.25) is 0 Å². The van der Waals surface area contributed by atoms with E-state index in [-0.39, 0.29) is 43.0 Å². The first kappa shape index (κ1) is 27.1. The summed E-state index contributed by atoms with van der Waals surface area (Å²) in [5.41, 5.74) is 3.98. The summed E-state index contributed by atoms with van der Waals surface area (Å²) in [5.74, 6) is -0.280. The van der Waals surface area contributed by atoms with Crippen LogP contribution in [-0.4, -0.2) is 68.3 Å². The predicted octanol–water partition coefficient (Wildman–Crippen LogP) is 2.63. The molecular formula is C29H34N4O5S. The van der Waals surface area contributed by atoms with Crippen LogP contribution < -0.4 is 10.6 Å².